The monoisotopic (exact) mass is 277 g/mol. The molecule has 0 radical (unpaired) electrons. The molecule has 1 aromatic rings. The molecule has 0 atom stereocenters. The van der Waals surface area contributed by atoms with Gasteiger partial charge in [0.25, 0.3) is 5.69 Å². The van der Waals surface area contributed by atoms with Gasteiger partial charge >= 0.3 is 0 Å². The SMILES string of the molecule is CNC(=O)CN(C)C(=O)C=Cc1cccc([N+](=O)[O-])c1. The lowest BCUT2D eigenvalue weighted by atomic mass is 10.2. The molecule has 1 rings (SSSR count). The number of nitrogens with one attached hydrogen (secondary N) is 1. The molecule has 0 saturated heterocycles. The number of non-ortho nitro benzene ring substituents is 1. The van der Waals surface area contributed by atoms with Crippen LogP contribution < -0.4 is 5.32 Å². The second kappa shape index (κ2) is 7.03. The molecule has 0 fully saturated rings. The van der Waals surface area contributed by atoms with Crippen LogP contribution >= 0.6 is 0 Å². The average Bonchev–Trinajstić information content (AvgIpc) is 2.44. The van der Waals surface area contributed by atoms with Crippen molar-refractivity contribution < 1.29 is 14.5 Å². The molecule has 0 unspecified atom stereocenters. The van der Waals surface area contributed by atoms with Crippen molar-refractivity contribution in [3.8, 4) is 0 Å². The Morgan fingerprint density at radius 2 is 2.15 bits per heavy atom. The number of likely N-dealkylation sites (N-methyl/N-ethyl adjacent to an activating group) is 2. The molecule has 1 aromatic carbocycles. The summed E-state index contributed by atoms with van der Waals surface area (Å²) in [4.78, 5) is 34.2. The lowest BCUT2D eigenvalue weighted by Gasteiger charge is -2.13. The molecule has 20 heavy (non-hydrogen) atoms. The Kier molecular flexibility index (Phi) is 5.40. The summed E-state index contributed by atoms with van der Waals surface area (Å²) in [5.74, 6) is -0.635. The van der Waals surface area contributed by atoms with E-state index in [4.69, 9.17) is 0 Å². The summed E-state index contributed by atoms with van der Waals surface area (Å²) < 4.78 is 0. The molecule has 1 N–H and O–H groups in total. The van der Waals surface area contributed by atoms with Crippen molar-refractivity contribution in [1.29, 1.82) is 0 Å². The summed E-state index contributed by atoms with van der Waals surface area (Å²) in [6.45, 7) is -0.0470. The summed E-state index contributed by atoms with van der Waals surface area (Å²) in [5, 5.41) is 13.0. The van der Waals surface area contributed by atoms with Crippen molar-refractivity contribution in [1.82, 2.24) is 10.2 Å². The van der Waals surface area contributed by atoms with E-state index >= 15 is 0 Å². The van der Waals surface area contributed by atoms with E-state index in [1.54, 1.807) is 6.07 Å². The number of nitro groups is 1. The van der Waals surface area contributed by atoms with Crippen LogP contribution in [0.1, 0.15) is 5.56 Å². The Morgan fingerprint density at radius 1 is 1.45 bits per heavy atom. The largest absolute Gasteiger partial charge is 0.358 e. The van der Waals surface area contributed by atoms with Crippen LogP contribution in [0.25, 0.3) is 6.08 Å². The zero-order valence-electron chi connectivity index (χ0n) is 11.2. The Balaban J connectivity index is 2.72. The lowest BCUT2D eigenvalue weighted by molar-refractivity contribution is -0.384. The number of carbonyl (C=O) groups excluding carboxylic acids is 2. The summed E-state index contributed by atoms with van der Waals surface area (Å²) >= 11 is 0. The molecule has 7 nitrogen and oxygen atoms in total. The first-order valence-electron chi connectivity index (χ1n) is 5.82. The Morgan fingerprint density at radius 3 is 2.75 bits per heavy atom. The number of hydrogen-bond acceptors (Lipinski definition) is 4. The number of nitrogens with zero attached hydrogens (tertiary/aromatic N) is 2. The maximum absolute atomic E-state index is 11.7. The van der Waals surface area contributed by atoms with Crippen LogP contribution in [0.3, 0.4) is 0 Å². The first-order chi connectivity index (χ1) is 9.43. The van der Waals surface area contributed by atoms with Crippen molar-refractivity contribution in [2.45, 2.75) is 0 Å². The van der Waals surface area contributed by atoms with Gasteiger partial charge in [-0.15, -0.1) is 0 Å². The van der Waals surface area contributed by atoms with Crippen LogP contribution in [0.2, 0.25) is 0 Å². The Bertz CT molecular complexity index is 554. The van der Waals surface area contributed by atoms with E-state index in [1.165, 1.54) is 49.3 Å². The summed E-state index contributed by atoms with van der Waals surface area (Å²) in [6, 6.07) is 5.92. The highest BCUT2D eigenvalue weighted by Crippen LogP contribution is 2.14. The molecule has 2 amide bonds. The minimum atomic E-state index is -0.503. The maximum atomic E-state index is 11.7. The van der Waals surface area contributed by atoms with Crippen molar-refractivity contribution in [2.75, 3.05) is 20.6 Å². The summed E-state index contributed by atoms with van der Waals surface area (Å²) in [5.41, 5.74) is 0.499. The molecule has 0 bridgehead atoms. The second-order valence-corrected chi connectivity index (χ2v) is 4.05. The fraction of sp³-hybridized carbons (Fsp3) is 0.231. The molecule has 7 heteroatoms. The van der Waals surface area contributed by atoms with E-state index in [-0.39, 0.29) is 24.0 Å². The molecule has 0 saturated carbocycles. The molecule has 0 aliphatic rings. The highest BCUT2D eigenvalue weighted by atomic mass is 16.6. The first-order valence-corrected chi connectivity index (χ1v) is 5.82. The molecule has 0 aliphatic carbocycles. The van der Waals surface area contributed by atoms with Crippen LogP contribution in [0.5, 0.6) is 0 Å². The minimum absolute atomic E-state index is 0.0432. The van der Waals surface area contributed by atoms with Crippen LogP contribution in [-0.2, 0) is 9.59 Å². The summed E-state index contributed by atoms with van der Waals surface area (Å²) in [7, 11) is 2.98. The van der Waals surface area contributed by atoms with E-state index in [9.17, 15) is 19.7 Å². The predicted molar refractivity (Wildman–Crippen MR) is 73.8 cm³/mol. The first kappa shape index (κ1) is 15.4. The third-order valence-electron chi connectivity index (χ3n) is 2.54. The van der Waals surface area contributed by atoms with E-state index in [0.29, 0.717) is 5.56 Å². The standard InChI is InChI=1S/C13H15N3O4/c1-14-12(17)9-15(2)13(18)7-6-10-4-3-5-11(8-10)16(19)20/h3-8H,9H2,1-2H3,(H,14,17). The maximum Gasteiger partial charge on any atom is 0.270 e. The number of hydrogen-bond donors (Lipinski definition) is 1. The number of rotatable bonds is 5. The van der Waals surface area contributed by atoms with Gasteiger partial charge < -0.3 is 10.2 Å². The number of nitro benzene ring substituents is 1. The second-order valence-electron chi connectivity index (χ2n) is 4.05. The molecule has 0 heterocycles. The van der Waals surface area contributed by atoms with Gasteiger partial charge in [-0.3, -0.25) is 19.7 Å². The van der Waals surface area contributed by atoms with E-state index in [2.05, 4.69) is 5.32 Å². The molecule has 0 spiro atoms. The van der Waals surface area contributed by atoms with Crippen LogP contribution in [0.15, 0.2) is 30.3 Å². The van der Waals surface area contributed by atoms with E-state index < -0.39 is 4.92 Å². The zero-order valence-corrected chi connectivity index (χ0v) is 11.2. The Hall–Kier alpha value is -2.70. The molecular weight excluding hydrogens is 262 g/mol. The van der Waals surface area contributed by atoms with Gasteiger partial charge in [-0.25, -0.2) is 0 Å². The van der Waals surface area contributed by atoms with Crippen LogP contribution in [-0.4, -0.2) is 42.3 Å². The van der Waals surface area contributed by atoms with Crippen molar-refractivity contribution in [3.63, 3.8) is 0 Å². The van der Waals surface area contributed by atoms with Crippen molar-refractivity contribution in [3.05, 3.63) is 46.0 Å². The number of carbonyl (C=O) groups is 2. The molecule has 0 aliphatic heterocycles. The fourth-order valence-corrected chi connectivity index (χ4v) is 1.41. The number of benzene rings is 1. The highest BCUT2D eigenvalue weighted by molar-refractivity contribution is 5.94. The van der Waals surface area contributed by atoms with Crippen LogP contribution in [0.4, 0.5) is 5.69 Å². The quantitative estimate of drug-likeness (QED) is 0.489. The normalized spacial score (nSPS) is 10.3. The minimum Gasteiger partial charge on any atom is -0.358 e. The van der Waals surface area contributed by atoms with Crippen molar-refractivity contribution in [2.24, 2.45) is 0 Å². The van der Waals surface area contributed by atoms with Gasteiger partial charge in [0.2, 0.25) is 11.8 Å². The van der Waals surface area contributed by atoms with Gasteiger partial charge in [0, 0.05) is 32.3 Å². The third kappa shape index (κ3) is 4.52. The van der Waals surface area contributed by atoms with Gasteiger partial charge in [-0.2, -0.15) is 0 Å². The molecular formula is C13H15N3O4. The molecule has 0 aromatic heterocycles. The van der Waals surface area contributed by atoms with Gasteiger partial charge in [0.05, 0.1) is 11.5 Å². The Labute approximate surface area is 116 Å². The van der Waals surface area contributed by atoms with E-state index in [1.807, 2.05) is 0 Å². The van der Waals surface area contributed by atoms with E-state index in [0.717, 1.165) is 0 Å². The van der Waals surface area contributed by atoms with Crippen molar-refractivity contribution >= 4 is 23.6 Å². The smallest absolute Gasteiger partial charge is 0.270 e. The van der Waals surface area contributed by atoms with Crippen LogP contribution in [0, 0.1) is 10.1 Å². The summed E-state index contributed by atoms with van der Waals surface area (Å²) in [6.07, 6.45) is 2.73. The third-order valence-corrected chi connectivity index (χ3v) is 2.54. The zero-order chi connectivity index (χ0) is 15.1. The van der Waals surface area contributed by atoms with Gasteiger partial charge in [-0.05, 0) is 11.6 Å². The molecule has 106 valence electrons. The lowest BCUT2D eigenvalue weighted by Crippen LogP contribution is -2.35. The average molecular weight is 277 g/mol. The predicted octanol–water partition coefficient (Wildman–Crippen LogP) is 0.812. The highest BCUT2D eigenvalue weighted by Gasteiger charge is 2.09. The number of amides is 2. The van der Waals surface area contributed by atoms with Gasteiger partial charge in [0.1, 0.15) is 0 Å². The van der Waals surface area contributed by atoms with Gasteiger partial charge in [-0.1, -0.05) is 12.1 Å². The van der Waals surface area contributed by atoms with Gasteiger partial charge in [0.15, 0.2) is 0 Å². The topological polar surface area (TPSA) is 92.6 Å². The fourth-order valence-electron chi connectivity index (χ4n) is 1.41.